The van der Waals surface area contributed by atoms with Crippen molar-refractivity contribution >= 4 is 0 Å². The molecule has 0 spiro atoms. The molecule has 0 radical (unpaired) electrons. The van der Waals surface area contributed by atoms with Crippen molar-refractivity contribution in [3.63, 3.8) is 0 Å². The minimum atomic E-state index is 0. The molecule has 0 unspecified atom stereocenters. The van der Waals surface area contributed by atoms with Gasteiger partial charge in [-0.05, 0) is 0 Å². The summed E-state index contributed by atoms with van der Waals surface area (Å²) in [5.41, 5.74) is 0. The molecule has 0 bridgehead atoms. The Balaban J connectivity index is -0.000000000833. The molecule has 6 heavy (non-hydrogen) atoms. The van der Waals surface area contributed by atoms with Crippen LogP contribution in [0.2, 0.25) is 0 Å². The van der Waals surface area contributed by atoms with Crippen LogP contribution in [0, 0.1) is 11.8 Å². The van der Waals surface area contributed by atoms with E-state index in [0.29, 0.717) is 0 Å². The Bertz CT molecular complexity index is 12.3. The van der Waals surface area contributed by atoms with E-state index in [1.54, 1.807) is 0 Å². The van der Waals surface area contributed by atoms with E-state index in [-0.39, 0.29) is 21.9 Å². The van der Waals surface area contributed by atoms with Crippen molar-refractivity contribution in [3.05, 3.63) is 6.57 Å². The van der Waals surface area contributed by atoms with Crippen molar-refractivity contribution in [2.75, 3.05) is 0 Å². The van der Waals surface area contributed by atoms with Crippen LogP contribution in [0.4, 0.5) is 0 Å². The SMILES string of the molecule is O.O.O.O.[C-]#N. The van der Waals surface area contributed by atoms with Gasteiger partial charge >= 0.3 is 0 Å². The molecule has 8 N–H and O–H groups in total. The zero-order valence-corrected chi connectivity index (χ0v) is 2.95. The van der Waals surface area contributed by atoms with Gasteiger partial charge in [-0.25, -0.2) is 0 Å². The number of nitrogens with zero attached hydrogens (tertiary/aromatic N) is 1. The topological polar surface area (TPSA) is 150 Å². The summed E-state index contributed by atoms with van der Waals surface area (Å²) in [6, 6.07) is 0. The Kier molecular flexibility index (Phi) is 16400. The second-order valence-electron chi connectivity index (χ2n) is 0. The summed E-state index contributed by atoms with van der Waals surface area (Å²) < 4.78 is 0. The molecule has 0 rings (SSSR count). The molecular formula is CH8NO4-. The second kappa shape index (κ2) is 107. The summed E-state index contributed by atoms with van der Waals surface area (Å²) in [5, 5.41) is 6.25. The molecule has 5 nitrogen and oxygen atoms in total. The first-order valence-corrected chi connectivity index (χ1v) is 0.224. The molecule has 5 heteroatoms. The van der Waals surface area contributed by atoms with Gasteiger partial charge in [-0.2, -0.15) is 0 Å². The number of rotatable bonds is 0. The third kappa shape index (κ3) is 40.3. The van der Waals surface area contributed by atoms with E-state index in [2.05, 4.69) is 0 Å². The van der Waals surface area contributed by atoms with Gasteiger partial charge in [0.15, 0.2) is 0 Å². The minimum Gasteiger partial charge on any atom is -0.512 e. The average molecular weight is 98.1 g/mol. The average Bonchev–Trinajstić information content (AvgIpc) is 1.00. The molecule has 0 aromatic carbocycles. The van der Waals surface area contributed by atoms with Crippen LogP contribution in [0.1, 0.15) is 0 Å². The lowest BCUT2D eigenvalue weighted by Gasteiger charge is -1.08. The smallest absolute Gasteiger partial charge is 0.412 e. The summed E-state index contributed by atoms with van der Waals surface area (Å²) in [6.45, 7) is 4.75. The fourth-order valence-electron chi connectivity index (χ4n) is 0. The normalized spacial score (nSPS) is 0.333. The molecule has 0 aliphatic carbocycles. The Morgan fingerprint density at radius 1 is 0.667 bits per heavy atom. The van der Waals surface area contributed by atoms with E-state index in [0.717, 1.165) is 0 Å². The molecule has 0 saturated heterocycles. The summed E-state index contributed by atoms with van der Waals surface area (Å²) in [4.78, 5) is 0. The fraction of sp³-hybridized carbons (Fsp3) is 0. The van der Waals surface area contributed by atoms with E-state index in [9.17, 15) is 0 Å². The highest BCUT2D eigenvalue weighted by Gasteiger charge is 0.0775. The van der Waals surface area contributed by atoms with Crippen molar-refractivity contribution in [2.24, 2.45) is 0 Å². The first kappa shape index (κ1) is 918. The van der Waals surface area contributed by atoms with E-state index in [1.807, 2.05) is 0 Å². The Morgan fingerprint density at radius 3 is 0.667 bits per heavy atom. The summed E-state index contributed by atoms with van der Waals surface area (Å²) >= 11 is 0. The Hall–Kier alpha value is -0.670. The monoisotopic (exact) mass is 98.0 g/mol. The predicted octanol–water partition coefficient (Wildman–Crippen LogP) is -3.20. The maximum absolute atomic E-state index is 6.25. The molecule has 0 amide bonds. The van der Waals surface area contributed by atoms with Crippen LogP contribution in [0.15, 0.2) is 0 Å². The molecule has 0 fully saturated rings. The van der Waals surface area contributed by atoms with Gasteiger partial charge in [-0.1, -0.05) is 0 Å². The highest BCUT2D eigenvalue weighted by Crippen LogP contribution is 0.626. The third-order valence-electron chi connectivity index (χ3n) is 0. The van der Waals surface area contributed by atoms with Crippen LogP contribution >= 0.6 is 0 Å². The van der Waals surface area contributed by atoms with Crippen molar-refractivity contribution in [2.45, 2.75) is 0 Å². The van der Waals surface area contributed by atoms with Gasteiger partial charge < -0.3 is 33.7 Å². The summed E-state index contributed by atoms with van der Waals surface area (Å²) in [6.07, 6.45) is 0. The van der Waals surface area contributed by atoms with Gasteiger partial charge in [0.2, 0.25) is 0 Å². The second-order valence-corrected chi connectivity index (χ2v) is 0. The van der Waals surface area contributed by atoms with Crippen LogP contribution in [0.25, 0.3) is 0 Å². The quantitative estimate of drug-likeness (QED) is 0.288. The van der Waals surface area contributed by atoms with Gasteiger partial charge in [-0.15, -0.1) is 0 Å². The first-order chi connectivity index (χ1) is 1.00. The molecule has 0 atom stereocenters. The lowest BCUT2D eigenvalue weighted by atomic mass is 11.9. The molecule has 0 aliphatic heterocycles. The molecule has 0 heterocycles. The minimum absolute atomic E-state index is 0. The molecule has 0 aromatic heterocycles. The Labute approximate surface area is 35.1 Å². The molecule has 0 aromatic rings. The molecule has 42 valence electrons. The van der Waals surface area contributed by atoms with Gasteiger partial charge in [0.1, 0.15) is 0 Å². The van der Waals surface area contributed by atoms with Crippen LogP contribution in [-0.2, 0) is 0 Å². The van der Waals surface area contributed by atoms with Crippen molar-refractivity contribution in [1.82, 2.24) is 0 Å². The van der Waals surface area contributed by atoms with Crippen LogP contribution < -0.4 is 0 Å². The lowest BCUT2D eigenvalue weighted by Crippen LogP contribution is -0.530. The Morgan fingerprint density at radius 2 is 0.667 bits per heavy atom. The zero-order valence-electron chi connectivity index (χ0n) is 2.95. The summed E-state index contributed by atoms with van der Waals surface area (Å²) in [7, 11) is 0. The van der Waals surface area contributed by atoms with E-state index < -0.39 is 0 Å². The van der Waals surface area contributed by atoms with Crippen LogP contribution in [0.3, 0.4) is 0 Å². The maximum Gasteiger partial charge on any atom is -0.412 e. The van der Waals surface area contributed by atoms with Gasteiger partial charge in [-0.3, -0.25) is 0 Å². The van der Waals surface area contributed by atoms with Crippen molar-refractivity contribution in [1.29, 1.82) is 5.26 Å². The highest BCUT2D eigenvalue weighted by molar-refractivity contribution is 3.44. The maximum atomic E-state index is 6.25. The standard InChI is InChI=1S/CN.4H2O/c1-2;;;;/h;4*1H2/q-1;;;;. The van der Waals surface area contributed by atoms with Crippen molar-refractivity contribution in [3.8, 4) is 0 Å². The third-order valence-corrected chi connectivity index (χ3v) is 0. The fourth-order valence-corrected chi connectivity index (χ4v) is 0. The zero-order chi connectivity index (χ0) is 2.00. The molecule has 0 aliphatic rings. The van der Waals surface area contributed by atoms with Gasteiger partial charge in [0, 0.05) is 0 Å². The summed E-state index contributed by atoms with van der Waals surface area (Å²) in [5.74, 6) is 0. The molecular weight excluding hydrogens is 90.0 g/mol. The van der Waals surface area contributed by atoms with Crippen LogP contribution in [0.5, 0.6) is 0 Å². The lowest BCUT2D eigenvalue weighted by molar-refractivity contribution is 0.823. The highest BCUT2D eigenvalue weighted by atomic mass is 16.0. The predicted molar refractivity (Wildman–Crippen MR) is 19.4 cm³/mol. The van der Waals surface area contributed by atoms with Crippen molar-refractivity contribution < 1.29 is 21.9 Å². The van der Waals surface area contributed by atoms with Gasteiger partial charge in [0.05, 0.1) is 0 Å². The van der Waals surface area contributed by atoms with Crippen LogP contribution in [-0.4, -0.2) is 21.9 Å². The van der Waals surface area contributed by atoms with Gasteiger partial charge in [0.25, 0.3) is 0 Å². The largest absolute Gasteiger partial charge is 0.512 e. The van der Waals surface area contributed by atoms with E-state index in [4.69, 9.17) is 11.8 Å². The number of hydrogen-bond acceptors (Lipinski definition) is 1. The van der Waals surface area contributed by atoms with E-state index in [1.165, 1.54) is 0 Å². The molecule has 0 saturated carbocycles. The van der Waals surface area contributed by atoms with E-state index >= 15 is 0 Å². The number of hydrogen-bond donors (Lipinski definition) is 0. The first-order valence-electron chi connectivity index (χ1n) is 0.224.